The topological polar surface area (TPSA) is 72.7 Å². The number of aromatic nitrogens is 4. The minimum atomic E-state index is -0.177. The van der Waals surface area contributed by atoms with E-state index in [0.29, 0.717) is 18.7 Å². The SMILES string of the molecule is Cc1nnc(CCNC(=O)c2cc(-c3ccccc3)n(C)n2)s1. The van der Waals surface area contributed by atoms with E-state index < -0.39 is 0 Å². The lowest BCUT2D eigenvalue weighted by molar-refractivity contribution is 0.0948. The third kappa shape index (κ3) is 3.62. The highest BCUT2D eigenvalue weighted by atomic mass is 32.1. The van der Waals surface area contributed by atoms with Gasteiger partial charge in [-0.05, 0) is 18.6 Å². The molecule has 0 aliphatic carbocycles. The minimum absolute atomic E-state index is 0.177. The van der Waals surface area contributed by atoms with Crippen LogP contribution in [0.2, 0.25) is 0 Å². The van der Waals surface area contributed by atoms with Crippen molar-refractivity contribution in [2.75, 3.05) is 6.54 Å². The van der Waals surface area contributed by atoms with E-state index in [1.807, 2.05) is 44.3 Å². The van der Waals surface area contributed by atoms with E-state index in [4.69, 9.17) is 0 Å². The van der Waals surface area contributed by atoms with Crippen LogP contribution in [-0.2, 0) is 13.5 Å². The molecule has 0 atom stereocenters. The van der Waals surface area contributed by atoms with Gasteiger partial charge in [0, 0.05) is 20.0 Å². The average Bonchev–Trinajstić information content (AvgIpc) is 3.14. The molecule has 2 aromatic heterocycles. The first-order valence-corrected chi connectivity index (χ1v) is 8.12. The number of hydrogen-bond acceptors (Lipinski definition) is 5. The molecule has 118 valence electrons. The molecule has 3 rings (SSSR count). The first-order chi connectivity index (χ1) is 11.1. The average molecular weight is 327 g/mol. The summed E-state index contributed by atoms with van der Waals surface area (Å²) in [7, 11) is 1.84. The van der Waals surface area contributed by atoms with Gasteiger partial charge in [-0.1, -0.05) is 30.3 Å². The molecule has 0 unspecified atom stereocenters. The first kappa shape index (κ1) is 15.4. The highest BCUT2D eigenvalue weighted by Gasteiger charge is 2.13. The van der Waals surface area contributed by atoms with Gasteiger partial charge in [0.15, 0.2) is 5.69 Å². The highest BCUT2D eigenvalue weighted by molar-refractivity contribution is 7.11. The molecule has 23 heavy (non-hydrogen) atoms. The number of carbonyl (C=O) groups is 1. The molecule has 7 heteroatoms. The lowest BCUT2D eigenvalue weighted by atomic mass is 10.1. The summed E-state index contributed by atoms with van der Waals surface area (Å²) in [6.45, 7) is 2.43. The molecule has 0 aliphatic heterocycles. The summed E-state index contributed by atoms with van der Waals surface area (Å²) in [5.74, 6) is -0.177. The van der Waals surface area contributed by atoms with Crippen LogP contribution in [0, 0.1) is 6.92 Å². The van der Waals surface area contributed by atoms with E-state index in [2.05, 4.69) is 20.6 Å². The van der Waals surface area contributed by atoms with Gasteiger partial charge in [0.25, 0.3) is 5.91 Å². The number of nitrogens with zero attached hydrogens (tertiary/aromatic N) is 4. The standard InChI is InChI=1S/C16H17N5OS/c1-11-18-19-15(23-11)8-9-17-16(22)13-10-14(21(2)20-13)12-6-4-3-5-7-12/h3-7,10H,8-9H2,1-2H3,(H,17,22). The molecule has 6 nitrogen and oxygen atoms in total. The molecular formula is C16H17N5OS. The molecule has 2 heterocycles. The van der Waals surface area contributed by atoms with Gasteiger partial charge in [0.1, 0.15) is 10.0 Å². The number of nitrogens with one attached hydrogen (secondary N) is 1. The number of rotatable bonds is 5. The summed E-state index contributed by atoms with van der Waals surface area (Å²) in [5.41, 5.74) is 2.36. The van der Waals surface area contributed by atoms with E-state index in [-0.39, 0.29) is 5.91 Å². The fraction of sp³-hybridized carbons (Fsp3) is 0.250. The Morgan fingerprint density at radius 3 is 2.74 bits per heavy atom. The van der Waals surface area contributed by atoms with Crippen molar-refractivity contribution in [1.29, 1.82) is 0 Å². The maximum atomic E-state index is 12.2. The van der Waals surface area contributed by atoms with Gasteiger partial charge in [-0.2, -0.15) is 5.10 Å². The Labute approximate surface area is 138 Å². The lowest BCUT2D eigenvalue weighted by Gasteiger charge is -2.00. The van der Waals surface area contributed by atoms with Crippen molar-refractivity contribution in [3.05, 3.63) is 52.1 Å². The number of benzene rings is 1. The largest absolute Gasteiger partial charge is 0.350 e. The molecule has 1 aromatic carbocycles. The monoisotopic (exact) mass is 327 g/mol. The summed E-state index contributed by atoms with van der Waals surface area (Å²) in [5, 5.41) is 17.0. The molecule has 0 aliphatic rings. The zero-order chi connectivity index (χ0) is 16.2. The Hall–Kier alpha value is -2.54. The fourth-order valence-electron chi connectivity index (χ4n) is 2.27. The summed E-state index contributed by atoms with van der Waals surface area (Å²) < 4.78 is 1.72. The predicted molar refractivity (Wildman–Crippen MR) is 89.3 cm³/mol. The van der Waals surface area contributed by atoms with Crippen LogP contribution in [-0.4, -0.2) is 32.4 Å². The molecule has 1 N–H and O–H groups in total. The second-order valence-corrected chi connectivity index (χ2v) is 6.39. The Balaban J connectivity index is 1.64. The minimum Gasteiger partial charge on any atom is -0.350 e. The third-order valence-corrected chi connectivity index (χ3v) is 4.27. The Kier molecular flexibility index (Phi) is 4.47. The van der Waals surface area contributed by atoms with Crippen LogP contribution in [0.4, 0.5) is 0 Å². The van der Waals surface area contributed by atoms with Crippen molar-refractivity contribution in [2.24, 2.45) is 7.05 Å². The normalized spacial score (nSPS) is 10.7. The van der Waals surface area contributed by atoms with Crippen LogP contribution >= 0.6 is 11.3 Å². The highest BCUT2D eigenvalue weighted by Crippen LogP contribution is 2.19. The van der Waals surface area contributed by atoms with E-state index in [0.717, 1.165) is 21.3 Å². The van der Waals surface area contributed by atoms with E-state index >= 15 is 0 Å². The van der Waals surface area contributed by atoms with Gasteiger partial charge < -0.3 is 5.32 Å². The zero-order valence-corrected chi connectivity index (χ0v) is 13.8. The summed E-state index contributed by atoms with van der Waals surface area (Å²) in [6.07, 6.45) is 0.676. The van der Waals surface area contributed by atoms with Crippen molar-refractivity contribution >= 4 is 17.2 Å². The van der Waals surface area contributed by atoms with Crippen molar-refractivity contribution in [1.82, 2.24) is 25.3 Å². The number of hydrogen-bond donors (Lipinski definition) is 1. The maximum absolute atomic E-state index is 12.2. The molecule has 3 aromatic rings. The van der Waals surface area contributed by atoms with Gasteiger partial charge in [-0.3, -0.25) is 9.48 Å². The van der Waals surface area contributed by atoms with Gasteiger partial charge in [0.05, 0.1) is 5.69 Å². The van der Waals surface area contributed by atoms with Crippen LogP contribution in [0.15, 0.2) is 36.4 Å². The molecule has 0 saturated carbocycles. The Bertz CT molecular complexity index is 809. The first-order valence-electron chi connectivity index (χ1n) is 7.30. The molecule has 0 spiro atoms. The van der Waals surface area contributed by atoms with Crippen LogP contribution in [0.3, 0.4) is 0 Å². The van der Waals surface area contributed by atoms with Crippen molar-refractivity contribution in [2.45, 2.75) is 13.3 Å². The number of carbonyl (C=O) groups excluding carboxylic acids is 1. The molecule has 0 fully saturated rings. The van der Waals surface area contributed by atoms with Crippen molar-refractivity contribution in [3.8, 4) is 11.3 Å². The smallest absolute Gasteiger partial charge is 0.271 e. The molecular weight excluding hydrogens is 310 g/mol. The predicted octanol–water partition coefficient (Wildman–Crippen LogP) is 2.22. The van der Waals surface area contributed by atoms with Crippen LogP contribution in [0.25, 0.3) is 11.3 Å². The van der Waals surface area contributed by atoms with Crippen LogP contribution < -0.4 is 5.32 Å². The molecule has 1 amide bonds. The van der Waals surface area contributed by atoms with E-state index in [9.17, 15) is 4.79 Å². The summed E-state index contributed by atoms with van der Waals surface area (Å²) in [4.78, 5) is 12.2. The Morgan fingerprint density at radius 1 is 1.26 bits per heavy atom. The summed E-state index contributed by atoms with van der Waals surface area (Å²) >= 11 is 1.55. The van der Waals surface area contributed by atoms with Gasteiger partial charge >= 0.3 is 0 Å². The van der Waals surface area contributed by atoms with Crippen LogP contribution in [0.1, 0.15) is 20.5 Å². The van der Waals surface area contributed by atoms with Gasteiger partial charge in [0.2, 0.25) is 0 Å². The van der Waals surface area contributed by atoms with Gasteiger partial charge in [-0.15, -0.1) is 21.5 Å². The second kappa shape index (κ2) is 6.70. The van der Waals surface area contributed by atoms with E-state index in [1.54, 1.807) is 22.1 Å². The van der Waals surface area contributed by atoms with Crippen molar-refractivity contribution < 1.29 is 4.79 Å². The molecule has 0 bridgehead atoms. The zero-order valence-electron chi connectivity index (χ0n) is 13.0. The second-order valence-electron chi connectivity index (χ2n) is 5.13. The molecule has 0 saturated heterocycles. The fourth-order valence-corrected chi connectivity index (χ4v) is 2.98. The van der Waals surface area contributed by atoms with Crippen LogP contribution in [0.5, 0.6) is 0 Å². The van der Waals surface area contributed by atoms with Gasteiger partial charge in [-0.25, -0.2) is 0 Å². The van der Waals surface area contributed by atoms with Crippen molar-refractivity contribution in [3.63, 3.8) is 0 Å². The lowest BCUT2D eigenvalue weighted by Crippen LogP contribution is -2.26. The third-order valence-electron chi connectivity index (χ3n) is 3.37. The summed E-state index contributed by atoms with van der Waals surface area (Å²) in [6, 6.07) is 11.7. The molecule has 0 radical (unpaired) electrons. The quantitative estimate of drug-likeness (QED) is 0.780. The Morgan fingerprint density at radius 2 is 2.04 bits per heavy atom. The number of amides is 1. The number of aryl methyl sites for hydroxylation is 2. The van der Waals surface area contributed by atoms with E-state index in [1.165, 1.54) is 0 Å². The maximum Gasteiger partial charge on any atom is 0.271 e.